The van der Waals surface area contributed by atoms with Crippen LogP contribution >= 0.6 is 0 Å². The zero-order chi connectivity index (χ0) is 15.5. The molecule has 0 saturated carbocycles. The highest BCUT2D eigenvalue weighted by molar-refractivity contribution is 5.90. The Balaban J connectivity index is 2.34. The summed E-state index contributed by atoms with van der Waals surface area (Å²) in [5, 5.41) is 8.85. The molecule has 1 aliphatic heterocycles. The lowest BCUT2D eigenvalue weighted by Gasteiger charge is -2.38. The van der Waals surface area contributed by atoms with Gasteiger partial charge in [0, 0.05) is 20.3 Å². The minimum Gasteiger partial charge on any atom is -0.480 e. The molecule has 6 heteroatoms. The summed E-state index contributed by atoms with van der Waals surface area (Å²) >= 11 is 0. The number of carbonyl (C=O) groups is 2. The molecule has 1 aromatic carbocycles. The number of hydrogen-bond donors (Lipinski definition) is 1. The van der Waals surface area contributed by atoms with Crippen LogP contribution in [0.3, 0.4) is 0 Å². The van der Waals surface area contributed by atoms with E-state index >= 15 is 0 Å². The average molecular weight is 295 g/mol. The fourth-order valence-electron chi connectivity index (χ4n) is 2.75. The van der Waals surface area contributed by atoms with Crippen molar-refractivity contribution in [3.05, 3.63) is 35.6 Å². The van der Waals surface area contributed by atoms with Gasteiger partial charge in [-0.15, -0.1) is 0 Å². The Bertz CT molecular complexity index is 523. The van der Waals surface area contributed by atoms with E-state index in [9.17, 15) is 14.0 Å². The van der Waals surface area contributed by atoms with Gasteiger partial charge in [-0.3, -0.25) is 9.59 Å². The maximum absolute atomic E-state index is 13.1. The minimum absolute atomic E-state index is 0.264. The molecule has 0 bridgehead atoms. The Morgan fingerprint density at radius 3 is 2.38 bits per heavy atom. The van der Waals surface area contributed by atoms with Crippen molar-refractivity contribution in [3.8, 4) is 0 Å². The molecule has 0 radical (unpaired) electrons. The van der Waals surface area contributed by atoms with Gasteiger partial charge in [-0.1, -0.05) is 12.1 Å². The maximum atomic E-state index is 13.1. The molecule has 0 aliphatic carbocycles. The van der Waals surface area contributed by atoms with Crippen LogP contribution in [0.4, 0.5) is 4.39 Å². The molecule has 1 N–H and O–H groups in total. The van der Waals surface area contributed by atoms with Crippen molar-refractivity contribution in [1.82, 2.24) is 4.90 Å². The number of halogens is 1. The largest absolute Gasteiger partial charge is 0.480 e. The lowest BCUT2D eigenvalue weighted by molar-refractivity contribution is -0.148. The first-order chi connectivity index (χ1) is 9.95. The van der Waals surface area contributed by atoms with E-state index in [-0.39, 0.29) is 18.3 Å². The Morgan fingerprint density at radius 1 is 1.29 bits per heavy atom. The molecule has 5 nitrogen and oxygen atoms in total. The van der Waals surface area contributed by atoms with E-state index in [0.29, 0.717) is 31.6 Å². The first-order valence-electron chi connectivity index (χ1n) is 6.77. The number of nitrogens with zero attached hydrogens (tertiary/aromatic N) is 1. The second kappa shape index (κ2) is 6.22. The topological polar surface area (TPSA) is 66.8 Å². The normalized spacial score (nSPS) is 17.2. The van der Waals surface area contributed by atoms with Crippen LogP contribution in [-0.4, -0.2) is 48.7 Å². The summed E-state index contributed by atoms with van der Waals surface area (Å²) in [4.78, 5) is 24.8. The zero-order valence-electron chi connectivity index (χ0n) is 11.8. The Morgan fingerprint density at radius 2 is 1.86 bits per heavy atom. The fraction of sp³-hybridized carbons (Fsp3) is 0.467. The van der Waals surface area contributed by atoms with Gasteiger partial charge in [0.05, 0.1) is 5.41 Å². The molecular weight excluding hydrogens is 277 g/mol. The maximum Gasteiger partial charge on any atom is 0.323 e. The molecule has 0 spiro atoms. The lowest BCUT2D eigenvalue weighted by atomic mass is 9.73. The van der Waals surface area contributed by atoms with E-state index in [1.165, 1.54) is 24.1 Å². The van der Waals surface area contributed by atoms with Crippen molar-refractivity contribution in [3.63, 3.8) is 0 Å². The number of carbonyl (C=O) groups excluding carboxylic acids is 1. The SMILES string of the molecule is CN(CC(=O)O)C(=O)C1(c2ccc(F)cc2)CCOCC1. The third kappa shape index (κ3) is 3.21. The third-order valence-electron chi connectivity index (χ3n) is 3.87. The van der Waals surface area contributed by atoms with Crippen molar-refractivity contribution < 1.29 is 23.8 Å². The molecule has 0 atom stereocenters. The molecule has 0 unspecified atom stereocenters. The molecule has 1 amide bonds. The van der Waals surface area contributed by atoms with Crippen LogP contribution in [0, 0.1) is 5.82 Å². The molecular formula is C15H18FNO4. The van der Waals surface area contributed by atoms with Crippen molar-refractivity contribution >= 4 is 11.9 Å². The van der Waals surface area contributed by atoms with Gasteiger partial charge >= 0.3 is 5.97 Å². The van der Waals surface area contributed by atoms with Gasteiger partial charge in [-0.2, -0.15) is 0 Å². The van der Waals surface area contributed by atoms with E-state index in [4.69, 9.17) is 9.84 Å². The average Bonchev–Trinajstić information content (AvgIpc) is 2.47. The predicted molar refractivity (Wildman–Crippen MR) is 73.4 cm³/mol. The Kier molecular flexibility index (Phi) is 4.57. The van der Waals surface area contributed by atoms with Crippen molar-refractivity contribution in [2.45, 2.75) is 18.3 Å². The molecule has 1 fully saturated rings. The monoisotopic (exact) mass is 295 g/mol. The van der Waals surface area contributed by atoms with Gasteiger partial charge in [0.25, 0.3) is 0 Å². The van der Waals surface area contributed by atoms with E-state index in [1.54, 1.807) is 12.1 Å². The number of carboxylic acid groups (broad SMARTS) is 1. The summed E-state index contributed by atoms with van der Waals surface area (Å²) < 4.78 is 18.4. The van der Waals surface area contributed by atoms with Crippen LogP contribution in [0.1, 0.15) is 18.4 Å². The molecule has 1 heterocycles. The van der Waals surface area contributed by atoms with Gasteiger partial charge in [0.15, 0.2) is 0 Å². The molecule has 1 saturated heterocycles. The number of ether oxygens (including phenoxy) is 1. The molecule has 21 heavy (non-hydrogen) atoms. The molecule has 114 valence electrons. The number of hydrogen-bond acceptors (Lipinski definition) is 3. The third-order valence-corrected chi connectivity index (χ3v) is 3.87. The van der Waals surface area contributed by atoms with Crippen molar-refractivity contribution in [2.75, 3.05) is 26.8 Å². The van der Waals surface area contributed by atoms with Gasteiger partial charge < -0.3 is 14.7 Å². The predicted octanol–water partition coefficient (Wildman–Crippen LogP) is 1.42. The second-order valence-electron chi connectivity index (χ2n) is 5.26. The van der Waals surface area contributed by atoms with Crippen LogP contribution in [0.15, 0.2) is 24.3 Å². The Hall–Kier alpha value is -1.95. The van der Waals surface area contributed by atoms with Gasteiger partial charge in [-0.05, 0) is 30.5 Å². The van der Waals surface area contributed by atoms with Crippen LogP contribution in [-0.2, 0) is 19.7 Å². The summed E-state index contributed by atoms with van der Waals surface area (Å²) in [5.74, 6) is -1.70. The van der Waals surface area contributed by atoms with E-state index in [0.717, 1.165) is 0 Å². The lowest BCUT2D eigenvalue weighted by Crippen LogP contribution is -2.49. The van der Waals surface area contributed by atoms with Crippen LogP contribution in [0.2, 0.25) is 0 Å². The standard InChI is InChI=1S/C15H18FNO4/c1-17(10-13(18)19)14(20)15(6-8-21-9-7-15)11-2-4-12(16)5-3-11/h2-5H,6-10H2,1H3,(H,18,19). The number of amides is 1. The highest BCUT2D eigenvalue weighted by atomic mass is 19.1. The Labute approximate surface area is 122 Å². The van der Waals surface area contributed by atoms with Crippen molar-refractivity contribution in [1.29, 1.82) is 0 Å². The van der Waals surface area contributed by atoms with Crippen LogP contribution in [0.25, 0.3) is 0 Å². The quantitative estimate of drug-likeness (QED) is 0.912. The molecule has 1 aromatic rings. The summed E-state index contributed by atoms with van der Waals surface area (Å²) in [6, 6.07) is 5.81. The smallest absolute Gasteiger partial charge is 0.323 e. The van der Waals surface area contributed by atoms with Crippen LogP contribution in [0.5, 0.6) is 0 Å². The summed E-state index contributed by atoms with van der Waals surface area (Å²) in [6.07, 6.45) is 0.919. The van der Waals surface area contributed by atoms with Crippen LogP contribution < -0.4 is 0 Å². The highest BCUT2D eigenvalue weighted by Gasteiger charge is 2.43. The number of rotatable bonds is 4. The molecule has 0 aromatic heterocycles. The second-order valence-corrected chi connectivity index (χ2v) is 5.26. The number of benzene rings is 1. The molecule has 1 aliphatic rings. The molecule has 2 rings (SSSR count). The summed E-state index contributed by atoms with van der Waals surface area (Å²) in [7, 11) is 1.47. The summed E-state index contributed by atoms with van der Waals surface area (Å²) in [6.45, 7) is 0.483. The zero-order valence-corrected chi connectivity index (χ0v) is 11.8. The summed E-state index contributed by atoms with van der Waals surface area (Å²) in [5.41, 5.74) is -0.134. The number of carboxylic acids is 1. The van der Waals surface area contributed by atoms with Gasteiger partial charge in [-0.25, -0.2) is 4.39 Å². The first-order valence-corrected chi connectivity index (χ1v) is 6.77. The number of aliphatic carboxylic acids is 1. The van der Waals surface area contributed by atoms with E-state index in [2.05, 4.69) is 0 Å². The number of likely N-dealkylation sites (N-methyl/N-ethyl adjacent to an activating group) is 1. The van der Waals surface area contributed by atoms with E-state index < -0.39 is 11.4 Å². The first kappa shape index (κ1) is 15.4. The van der Waals surface area contributed by atoms with E-state index in [1.807, 2.05) is 0 Å². The van der Waals surface area contributed by atoms with Crippen molar-refractivity contribution in [2.24, 2.45) is 0 Å². The van der Waals surface area contributed by atoms with Gasteiger partial charge in [0.1, 0.15) is 12.4 Å². The minimum atomic E-state index is -1.06. The highest BCUT2D eigenvalue weighted by Crippen LogP contribution is 2.36. The van der Waals surface area contributed by atoms with Gasteiger partial charge in [0.2, 0.25) is 5.91 Å². The fourth-order valence-corrected chi connectivity index (χ4v) is 2.75.